The topological polar surface area (TPSA) is 36.8 Å². The second-order valence-corrected chi connectivity index (χ2v) is 3.20. The van der Waals surface area contributed by atoms with Crippen LogP contribution < -0.4 is 5.32 Å². The van der Waals surface area contributed by atoms with E-state index in [0.29, 0.717) is 0 Å². The summed E-state index contributed by atoms with van der Waals surface area (Å²) in [5.74, 6) is 0. The van der Waals surface area contributed by atoms with E-state index in [1.807, 2.05) is 0 Å². The Morgan fingerprint density at radius 3 is 2.00 bits per heavy atom. The van der Waals surface area contributed by atoms with E-state index >= 15 is 0 Å². The van der Waals surface area contributed by atoms with Gasteiger partial charge in [-0.15, -0.1) is 10.2 Å². The summed E-state index contributed by atoms with van der Waals surface area (Å²) in [7, 11) is 1.69. The van der Waals surface area contributed by atoms with E-state index in [2.05, 4.69) is 15.5 Å². The van der Waals surface area contributed by atoms with E-state index in [1.54, 1.807) is 19.2 Å². The zero-order valence-electron chi connectivity index (χ0n) is 7.84. The van der Waals surface area contributed by atoms with Gasteiger partial charge in [-0.05, 0) is 12.1 Å². The first-order chi connectivity index (χ1) is 6.99. The predicted molar refractivity (Wildman–Crippen MR) is 48.6 cm³/mol. The van der Waals surface area contributed by atoms with Crippen LogP contribution in [0.1, 0.15) is 5.56 Å². The molecule has 1 heterocycles. The van der Waals surface area contributed by atoms with Crippen LogP contribution >= 0.6 is 0 Å². The van der Waals surface area contributed by atoms with Crippen molar-refractivity contribution in [3.63, 3.8) is 0 Å². The molecule has 0 atom stereocenters. The van der Waals surface area contributed by atoms with Gasteiger partial charge < -0.3 is 5.32 Å². The minimum atomic E-state index is -4.45. The average Bonchev–Trinajstić information content (AvgIpc) is 2.98. The monoisotopic (exact) mass is 215 g/mol. The largest absolute Gasteiger partial charge is 0.442 e. The number of anilines is 1. The number of halogens is 3. The van der Waals surface area contributed by atoms with Crippen molar-refractivity contribution in [2.24, 2.45) is 10.2 Å². The lowest BCUT2D eigenvalue weighted by Crippen LogP contribution is -2.29. The van der Waals surface area contributed by atoms with Crippen LogP contribution in [0.3, 0.4) is 0 Å². The summed E-state index contributed by atoms with van der Waals surface area (Å²) < 4.78 is 37.7. The van der Waals surface area contributed by atoms with E-state index in [1.165, 1.54) is 12.1 Å². The number of rotatable bonds is 2. The van der Waals surface area contributed by atoms with Crippen LogP contribution in [-0.2, 0) is 5.66 Å². The Balaban J connectivity index is 2.31. The molecule has 0 saturated carbocycles. The Labute approximate surface area is 84.0 Å². The number of alkyl halides is 3. The van der Waals surface area contributed by atoms with Crippen molar-refractivity contribution in [3.8, 4) is 0 Å². The average molecular weight is 215 g/mol. The van der Waals surface area contributed by atoms with Gasteiger partial charge >= 0.3 is 11.8 Å². The van der Waals surface area contributed by atoms with Crippen molar-refractivity contribution in [2.45, 2.75) is 11.8 Å². The summed E-state index contributed by atoms with van der Waals surface area (Å²) in [6, 6.07) is 5.87. The van der Waals surface area contributed by atoms with Crippen molar-refractivity contribution < 1.29 is 13.2 Å². The molecular formula is C9H8F3N3. The van der Waals surface area contributed by atoms with Gasteiger partial charge in [0.2, 0.25) is 0 Å². The van der Waals surface area contributed by atoms with E-state index in [0.717, 1.165) is 5.69 Å². The number of hydrogen-bond donors (Lipinski definition) is 1. The third-order valence-electron chi connectivity index (χ3n) is 2.27. The van der Waals surface area contributed by atoms with E-state index in [-0.39, 0.29) is 5.56 Å². The molecule has 0 saturated heterocycles. The van der Waals surface area contributed by atoms with E-state index in [9.17, 15) is 13.2 Å². The van der Waals surface area contributed by atoms with Crippen molar-refractivity contribution in [3.05, 3.63) is 29.8 Å². The van der Waals surface area contributed by atoms with Crippen LogP contribution in [0.15, 0.2) is 34.5 Å². The molecule has 1 aromatic rings. The second kappa shape index (κ2) is 2.95. The number of benzene rings is 1. The first-order valence-corrected chi connectivity index (χ1v) is 4.29. The number of nitrogens with one attached hydrogen (secondary N) is 1. The summed E-state index contributed by atoms with van der Waals surface area (Å²) in [6.07, 6.45) is -4.45. The summed E-state index contributed by atoms with van der Waals surface area (Å²) in [6.45, 7) is 0. The highest BCUT2D eigenvalue weighted by molar-refractivity contribution is 5.46. The highest BCUT2D eigenvalue weighted by atomic mass is 19.4. The molecule has 80 valence electrons. The second-order valence-electron chi connectivity index (χ2n) is 3.20. The first-order valence-electron chi connectivity index (χ1n) is 4.29. The fourth-order valence-electron chi connectivity index (χ4n) is 1.31. The van der Waals surface area contributed by atoms with Gasteiger partial charge in [0.1, 0.15) is 0 Å². The van der Waals surface area contributed by atoms with Gasteiger partial charge in [0.15, 0.2) is 0 Å². The summed E-state index contributed by atoms with van der Waals surface area (Å²) in [5.41, 5.74) is -1.51. The molecule has 3 nitrogen and oxygen atoms in total. The molecule has 0 aliphatic carbocycles. The maximum atomic E-state index is 12.6. The van der Waals surface area contributed by atoms with Crippen molar-refractivity contribution >= 4 is 5.69 Å². The molecule has 1 N–H and O–H groups in total. The fraction of sp³-hybridized carbons (Fsp3) is 0.333. The lowest BCUT2D eigenvalue weighted by molar-refractivity contribution is -0.166. The van der Waals surface area contributed by atoms with Gasteiger partial charge in [-0.2, -0.15) is 13.2 Å². The van der Waals surface area contributed by atoms with E-state index in [4.69, 9.17) is 0 Å². The molecule has 1 aromatic carbocycles. The SMILES string of the molecule is CNc1ccc(C2(C(F)(F)F)N=N2)cc1. The van der Waals surface area contributed by atoms with Crippen LogP contribution in [-0.4, -0.2) is 13.2 Å². The number of nitrogens with zero attached hydrogens (tertiary/aromatic N) is 2. The molecular weight excluding hydrogens is 207 g/mol. The van der Waals surface area contributed by atoms with Crippen molar-refractivity contribution in [1.82, 2.24) is 0 Å². The van der Waals surface area contributed by atoms with Crippen molar-refractivity contribution in [2.75, 3.05) is 12.4 Å². The smallest absolute Gasteiger partial charge is 0.388 e. The van der Waals surface area contributed by atoms with Gasteiger partial charge in [0, 0.05) is 18.3 Å². The minimum absolute atomic E-state index is 0.0500. The Morgan fingerprint density at radius 2 is 1.67 bits per heavy atom. The number of hydrogen-bond acceptors (Lipinski definition) is 3. The zero-order valence-corrected chi connectivity index (χ0v) is 7.84. The van der Waals surface area contributed by atoms with Crippen LogP contribution in [0.2, 0.25) is 0 Å². The standard InChI is InChI=1S/C9H8F3N3/c1-13-7-4-2-6(3-5-7)8(14-15-8)9(10,11)12/h2-5,13H,1H3. The van der Waals surface area contributed by atoms with Crippen LogP contribution in [0, 0.1) is 0 Å². The van der Waals surface area contributed by atoms with Gasteiger partial charge in [-0.1, -0.05) is 12.1 Å². The highest BCUT2D eigenvalue weighted by Gasteiger charge is 2.65. The Hall–Kier alpha value is -1.59. The van der Waals surface area contributed by atoms with Gasteiger partial charge in [-0.3, -0.25) is 0 Å². The fourth-order valence-corrected chi connectivity index (χ4v) is 1.31. The van der Waals surface area contributed by atoms with E-state index < -0.39 is 11.8 Å². The minimum Gasteiger partial charge on any atom is -0.388 e. The van der Waals surface area contributed by atoms with Crippen LogP contribution in [0.5, 0.6) is 0 Å². The van der Waals surface area contributed by atoms with Crippen LogP contribution in [0.4, 0.5) is 18.9 Å². The molecule has 1 aliphatic heterocycles. The predicted octanol–water partition coefficient (Wildman–Crippen LogP) is 2.91. The normalized spacial score (nSPS) is 17.6. The lowest BCUT2D eigenvalue weighted by atomic mass is 10.0. The third kappa shape index (κ3) is 1.45. The molecule has 6 heteroatoms. The van der Waals surface area contributed by atoms with Crippen molar-refractivity contribution in [1.29, 1.82) is 0 Å². The summed E-state index contributed by atoms with van der Waals surface area (Å²) in [5, 5.41) is 9.04. The third-order valence-corrected chi connectivity index (χ3v) is 2.27. The molecule has 15 heavy (non-hydrogen) atoms. The molecule has 0 amide bonds. The highest BCUT2D eigenvalue weighted by Crippen LogP contribution is 2.52. The maximum absolute atomic E-state index is 12.6. The Bertz CT molecular complexity index is 388. The molecule has 1 aliphatic rings. The first kappa shape index (κ1) is 9.95. The maximum Gasteiger partial charge on any atom is 0.442 e. The lowest BCUT2D eigenvalue weighted by Gasteiger charge is -2.14. The summed E-state index contributed by atoms with van der Waals surface area (Å²) >= 11 is 0. The van der Waals surface area contributed by atoms with Gasteiger partial charge in [0.25, 0.3) is 0 Å². The molecule has 0 bridgehead atoms. The molecule has 0 aromatic heterocycles. The van der Waals surface area contributed by atoms with Crippen LogP contribution in [0.25, 0.3) is 0 Å². The summed E-state index contributed by atoms with van der Waals surface area (Å²) in [4.78, 5) is 0. The molecule has 0 spiro atoms. The van der Waals surface area contributed by atoms with Gasteiger partial charge in [-0.25, -0.2) is 0 Å². The molecule has 0 fully saturated rings. The van der Waals surface area contributed by atoms with Gasteiger partial charge in [0.05, 0.1) is 0 Å². The molecule has 0 unspecified atom stereocenters. The zero-order chi connectivity index (χ0) is 11.1. The quantitative estimate of drug-likeness (QED) is 0.809. The molecule has 0 radical (unpaired) electrons. The molecule has 2 rings (SSSR count). The Morgan fingerprint density at radius 1 is 1.13 bits per heavy atom. The Kier molecular flexibility index (Phi) is 1.95.